The van der Waals surface area contributed by atoms with E-state index in [-0.39, 0.29) is 0 Å². The molecule has 0 N–H and O–H groups in total. The first kappa shape index (κ1) is 7.53. The predicted molar refractivity (Wildman–Crippen MR) is 48.2 cm³/mol. The van der Waals surface area contributed by atoms with E-state index in [1.54, 1.807) is 0 Å². The quantitative estimate of drug-likeness (QED) is 0.614. The van der Waals surface area contributed by atoms with E-state index < -0.39 is 0 Å². The lowest BCUT2D eigenvalue weighted by atomic mass is 10.0. The second-order valence-electron chi connectivity index (χ2n) is 3.16. The number of hydrogen-bond acceptors (Lipinski definition) is 1. The maximum atomic E-state index is 11.2. The molecular weight excluding hydrogens is 148 g/mol. The van der Waals surface area contributed by atoms with Crippen LogP contribution in [0.5, 0.6) is 0 Å². The van der Waals surface area contributed by atoms with Crippen LogP contribution in [-0.2, 0) is 12.8 Å². The minimum Gasteiger partial charge on any atom is -0.294 e. The Morgan fingerprint density at radius 3 is 2.92 bits per heavy atom. The fourth-order valence-electron chi connectivity index (χ4n) is 1.66. The summed E-state index contributed by atoms with van der Waals surface area (Å²) < 4.78 is 0. The van der Waals surface area contributed by atoms with Crippen LogP contribution < -0.4 is 0 Å². The summed E-state index contributed by atoms with van der Waals surface area (Å²) in [4.78, 5) is 11.2. The molecule has 0 saturated heterocycles. The Bertz CT molecular complexity index is 326. The molecule has 1 heteroatoms. The number of Topliss-reactive ketones (excluding diaryl/α,β-unsaturated/α-hetero) is 1. The van der Waals surface area contributed by atoms with Gasteiger partial charge in [-0.3, -0.25) is 4.79 Å². The Morgan fingerprint density at radius 2 is 2.17 bits per heavy atom. The summed E-state index contributed by atoms with van der Waals surface area (Å²) in [6.45, 7) is 3.82. The highest BCUT2D eigenvalue weighted by molar-refractivity contribution is 6.00. The minimum absolute atomic E-state index is 0.292. The molecule has 0 aromatic heterocycles. The normalized spacial score (nSPS) is 14.9. The third kappa shape index (κ3) is 1.06. The summed E-state index contributed by atoms with van der Waals surface area (Å²) in [5, 5.41) is 0. The molecular formula is C11H11O. The van der Waals surface area contributed by atoms with E-state index >= 15 is 0 Å². The van der Waals surface area contributed by atoms with E-state index in [9.17, 15) is 4.79 Å². The van der Waals surface area contributed by atoms with E-state index in [2.05, 4.69) is 13.0 Å². The van der Waals surface area contributed by atoms with Crippen molar-refractivity contribution in [1.29, 1.82) is 0 Å². The van der Waals surface area contributed by atoms with Crippen molar-refractivity contribution >= 4 is 5.78 Å². The largest absolute Gasteiger partial charge is 0.294 e. The van der Waals surface area contributed by atoms with Crippen LogP contribution in [0.3, 0.4) is 0 Å². The van der Waals surface area contributed by atoms with Crippen LogP contribution in [0.2, 0.25) is 0 Å². The van der Waals surface area contributed by atoms with Crippen LogP contribution in [0.1, 0.15) is 27.9 Å². The van der Waals surface area contributed by atoms with Gasteiger partial charge in [0.1, 0.15) is 0 Å². The van der Waals surface area contributed by atoms with Gasteiger partial charge in [-0.1, -0.05) is 18.2 Å². The Kier molecular flexibility index (Phi) is 1.72. The number of ketones is 1. The van der Waals surface area contributed by atoms with Crippen molar-refractivity contribution in [1.82, 2.24) is 0 Å². The Morgan fingerprint density at radius 1 is 1.33 bits per heavy atom. The van der Waals surface area contributed by atoms with Crippen LogP contribution in [0.4, 0.5) is 0 Å². The molecule has 1 aliphatic rings. The van der Waals surface area contributed by atoms with Gasteiger partial charge < -0.3 is 0 Å². The van der Waals surface area contributed by atoms with Gasteiger partial charge in [-0.25, -0.2) is 0 Å². The molecule has 1 nitrogen and oxygen atoms in total. The second kappa shape index (κ2) is 2.74. The third-order valence-corrected chi connectivity index (χ3v) is 2.38. The molecule has 1 radical (unpaired) electrons. The van der Waals surface area contributed by atoms with Gasteiger partial charge in [-0.15, -0.1) is 0 Å². The van der Waals surface area contributed by atoms with Crippen LogP contribution in [0, 0.1) is 6.92 Å². The van der Waals surface area contributed by atoms with Crippen molar-refractivity contribution < 1.29 is 4.79 Å². The van der Waals surface area contributed by atoms with Gasteiger partial charge in [0.25, 0.3) is 0 Å². The van der Waals surface area contributed by atoms with Gasteiger partial charge in [-0.05, 0) is 30.9 Å². The minimum atomic E-state index is 0.292. The van der Waals surface area contributed by atoms with E-state index in [0.29, 0.717) is 12.2 Å². The topological polar surface area (TPSA) is 17.1 Å². The van der Waals surface area contributed by atoms with Gasteiger partial charge in [0.05, 0.1) is 0 Å². The fraction of sp³-hybridized carbons (Fsp3) is 0.273. The lowest BCUT2D eigenvalue weighted by Gasteiger charge is -2.00. The first-order chi connectivity index (χ1) is 5.81. The summed E-state index contributed by atoms with van der Waals surface area (Å²) in [5.74, 6) is 0.292. The molecule has 1 aromatic rings. The van der Waals surface area contributed by atoms with Crippen molar-refractivity contribution in [2.75, 3.05) is 0 Å². The monoisotopic (exact) mass is 159 g/mol. The number of carbonyl (C=O) groups excluding carboxylic acids is 1. The van der Waals surface area contributed by atoms with Crippen molar-refractivity contribution in [3.63, 3.8) is 0 Å². The predicted octanol–water partition coefficient (Wildman–Crippen LogP) is 2.19. The lowest BCUT2D eigenvalue weighted by molar-refractivity contribution is 0.0994. The molecule has 1 aromatic carbocycles. The molecule has 0 unspecified atom stereocenters. The highest BCUT2D eigenvalue weighted by Crippen LogP contribution is 2.22. The summed E-state index contributed by atoms with van der Waals surface area (Å²) in [6.07, 6.45) is 2.42. The van der Waals surface area contributed by atoms with E-state index in [1.165, 1.54) is 11.1 Å². The molecule has 0 atom stereocenters. The number of carbonyl (C=O) groups is 1. The number of fused-ring (bicyclic) bond motifs is 1. The van der Waals surface area contributed by atoms with Gasteiger partial charge >= 0.3 is 0 Å². The average Bonchev–Trinajstić information content (AvgIpc) is 2.47. The van der Waals surface area contributed by atoms with Crippen LogP contribution >= 0.6 is 0 Å². The molecule has 2 rings (SSSR count). The maximum Gasteiger partial charge on any atom is 0.163 e. The molecule has 0 amide bonds. The van der Waals surface area contributed by atoms with E-state index in [1.807, 2.05) is 12.1 Å². The number of hydrogen-bond donors (Lipinski definition) is 0. The van der Waals surface area contributed by atoms with Crippen molar-refractivity contribution in [2.45, 2.75) is 19.3 Å². The SMILES string of the molecule is [CH2]Cc1ccc2c(c1)CCC2=O. The zero-order chi connectivity index (χ0) is 8.55. The smallest absolute Gasteiger partial charge is 0.163 e. The zero-order valence-corrected chi connectivity index (χ0v) is 6.97. The summed E-state index contributed by atoms with van der Waals surface area (Å²) >= 11 is 0. The second-order valence-corrected chi connectivity index (χ2v) is 3.16. The Labute approximate surface area is 72.4 Å². The summed E-state index contributed by atoms with van der Waals surface area (Å²) in [6, 6.07) is 6.04. The number of aryl methyl sites for hydroxylation is 1. The van der Waals surface area contributed by atoms with Crippen molar-refractivity contribution in [3.05, 3.63) is 41.8 Å². The third-order valence-electron chi connectivity index (χ3n) is 2.38. The standard InChI is InChI=1S/C11H11O/c1-2-8-3-5-10-9(7-8)4-6-11(10)12/h3,5,7H,1-2,4,6H2. The Balaban J connectivity index is 2.48. The molecule has 0 heterocycles. The molecule has 0 saturated carbocycles. The molecule has 1 aliphatic carbocycles. The van der Waals surface area contributed by atoms with Crippen LogP contribution in [0.25, 0.3) is 0 Å². The lowest BCUT2D eigenvalue weighted by Crippen LogP contribution is -1.91. The van der Waals surface area contributed by atoms with E-state index in [4.69, 9.17) is 0 Å². The molecule has 0 fully saturated rings. The van der Waals surface area contributed by atoms with Crippen LogP contribution in [-0.4, -0.2) is 5.78 Å². The van der Waals surface area contributed by atoms with Gasteiger partial charge in [0.15, 0.2) is 5.78 Å². The molecule has 0 bridgehead atoms. The summed E-state index contributed by atoms with van der Waals surface area (Å²) in [5.41, 5.74) is 3.36. The fourth-order valence-corrected chi connectivity index (χ4v) is 1.66. The number of rotatable bonds is 1. The Hall–Kier alpha value is -1.11. The molecule has 61 valence electrons. The maximum absolute atomic E-state index is 11.2. The van der Waals surface area contributed by atoms with Gasteiger partial charge in [0, 0.05) is 12.0 Å². The highest BCUT2D eigenvalue weighted by atomic mass is 16.1. The first-order valence-electron chi connectivity index (χ1n) is 4.25. The molecule has 0 spiro atoms. The molecule has 12 heavy (non-hydrogen) atoms. The molecule has 0 aliphatic heterocycles. The highest BCUT2D eigenvalue weighted by Gasteiger charge is 2.18. The number of benzene rings is 1. The first-order valence-corrected chi connectivity index (χ1v) is 4.25. The van der Waals surface area contributed by atoms with E-state index in [0.717, 1.165) is 18.4 Å². The van der Waals surface area contributed by atoms with Crippen LogP contribution in [0.15, 0.2) is 18.2 Å². The summed E-state index contributed by atoms with van der Waals surface area (Å²) in [7, 11) is 0. The van der Waals surface area contributed by atoms with Crippen molar-refractivity contribution in [2.24, 2.45) is 0 Å². The van der Waals surface area contributed by atoms with Crippen molar-refractivity contribution in [3.8, 4) is 0 Å². The zero-order valence-electron chi connectivity index (χ0n) is 6.97. The average molecular weight is 159 g/mol. The van der Waals surface area contributed by atoms with Gasteiger partial charge in [-0.2, -0.15) is 0 Å². The van der Waals surface area contributed by atoms with Gasteiger partial charge in [0.2, 0.25) is 0 Å².